The first-order chi connectivity index (χ1) is 14.0. The molecule has 7 nitrogen and oxygen atoms in total. The highest BCUT2D eigenvalue weighted by molar-refractivity contribution is 7.92. The minimum atomic E-state index is -3.74. The van der Waals surface area contributed by atoms with Crippen molar-refractivity contribution in [3.63, 3.8) is 0 Å². The Labute approximate surface area is 183 Å². The summed E-state index contributed by atoms with van der Waals surface area (Å²) in [5, 5.41) is 2.96. The van der Waals surface area contributed by atoms with Crippen LogP contribution >= 0.6 is 11.6 Å². The number of hydrogen-bond acceptors (Lipinski definition) is 5. The van der Waals surface area contributed by atoms with Gasteiger partial charge < -0.3 is 14.8 Å². The lowest BCUT2D eigenvalue weighted by atomic mass is 10.1. The number of nitrogens with zero attached hydrogens (tertiary/aromatic N) is 1. The topological polar surface area (TPSA) is 84.9 Å². The van der Waals surface area contributed by atoms with E-state index in [1.54, 1.807) is 12.1 Å². The van der Waals surface area contributed by atoms with Gasteiger partial charge in [-0.15, -0.1) is 0 Å². The molecule has 0 saturated heterocycles. The van der Waals surface area contributed by atoms with Gasteiger partial charge in [0.1, 0.15) is 24.1 Å². The number of methoxy groups -OCH3 is 1. The van der Waals surface area contributed by atoms with Crippen molar-refractivity contribution in [3.8, 4) is 11.5 Å². The van der Waals surface area contributed by atoms with Gasteiger partial charge in [0.25, 0.3) is 0 Å². The van der Waals surface area contributed by atoms with Crippen LogP contribution in [0.15, 0.2) is 36.4 Å². The molecule has 0 aliphatic carbocycles. The number of nitrogens with one attached hydrogen (secondary N) is 1. The third kappa shape index (κ3) is 6.03. The average Bonchev–Trinajstić information content (AvgIpc) is 2.65. The minimum absolute atomic E-state index is 0.234. The molecular weight excluding hydrogens is 428 g/mol. The molecule has 0 aliphatic rings. The zero-order valence-electron chi connectivity index (χ0n) is 17.7. The lowest BCUT2D eigenvalue weighted by Crippen LogP contribution is -2.48. The van der Waals surface area contributed by atoms with Crippen LogP contribution in [0.1, 0.15) is 18.1 Å². The van der Waals surface area contributed by atoms with Crippen LogP contribution in [0.3, 0.4) is 0 Å². The standard InChI is InChI=1S/C21H27ClN2O5S/c1-14-6-8-19(15(2)12-14)29-11-10-23-21(25)16(3)24(30(5,26)27)17-7-9-20(28-4)18(22)13-17/h6-9,12-13,16H,10-11H2,1-5H3,(H,23,25). The molecule has 164 valence electrons. The minimum Gasteiger partial charge on any atom is -0.495 e. The normalized spacial score (nSPS) is 12.2. The van der Waals surface area contributed by atoms with Crippen LogP contribution in [0.4, 0.5) is 5.69 Å². The highest BCUT2D eigenvalue weighted by Crippen LogP contribution is 2.31. The molecule has 0 fully saturated rings. The second-order valence-corrected chi connectivity index (χ2v) is 9.23. The van der Waals surface area contributed by atoms with Gasteiger partial charge in [0.05, 0.1) is 30.6 Å². The number of benzene rings is 2. The Morgan fingerprint density at radius 2 is 1.83 bits per heavy atom. The molecule has 1 atom stereocenters. The molecule has 0 heterocycles. The summed E-state index contributed by atoms with van der Waals surface area (Å²) < 4.78 is 36.6. The molecule has 0 radical (unpaired) electrons. The van der Waals surface area contributed by atoms with E-state index in [-0.39, 0.29) is 23.9 Å². The monoisotopic (exact) mass is 454 g/mol. The largest absolute Gasteiger partial charge is 0.495 e. The number of aryl methyl sites for hydroxylation is 2. The van der Waals surface area contributed by atoms with Crippen molar-refractivity contribution in [1.82, 2.24) is 5.32 Å². The van der Waals surface area contributed by atoms with Crippen LogP contribution in [-0.4, -0.2) is 46.9 Å². The predicted octanol–water partition coefficient (Wildman–Crippen LogP) is 3.32. The molecule has 9 heteroatoms. The maximum atomic E-state index is 12.6. The van der Waals surface area contributed by atoms with Gasteiger partial charge in [0.2, 0.25) is 15.9 Å². The Morgan fingerprint density at radius 1 is 1.17 bits per heavy atom. The predicted molar refractivity (Wildman–Crippen MR) is 119 cm³/mol. The first-order valence-electron chi connectivity index (χ1n) is 9.35. The van der Waals surface area contributed by atoms with Gasteiger partial charge in [0, 0.05) is 0 Å². The third-order valence-corrected chi connectivity index (χ3v) is 6.00. The molecule has 1 unspecified atom stereocenters. The molecule has 30 heavy (non-hydrogen) atoms. The van der Waals surface area contributed by atoms with Crippen LogP contribution in [0.5, 0.6) is 11.5 Å². The van der Waals surface area contributed by atoms with E-state index in [2.05, 4.69) is 5.32 Å². The summed E-state index contributed by atoms with van der Waals surface area (Å²) >= 11 is 6.13. The molecule has 0 spiro atoms. The smallest absolute Gasteiger partial charge is 0.243 e. The molecule has 2 rings (SSSR count). The second-order valence-electron chi connectivity index (χ2n) is 6.96. The molecule has 0 aliphatic heterocycles. The summed E-state index contributed by atoms with van der Waals surface area (Å²) in [6.07, 6.45) is 1.04. The van der Waals surface area contributed by atoms with Crippen molar-refractivity contribution in [3.05, 3.63) is 52.5 Å². The number of amides is 1. The summed E-state index contributed by atoms with van der Waals surface area (Å²) in [5.41, 5.74) is 2.42. The number of anilines is 1. The Kier molecular flexibility index (Phi) is 7.97. The maximum absolute atomic E-state index is 12.6. The van der Waals surface area contributed by atoms with E-state index in [1.165, 1.54) is 20.1 Å². The van der Waals surface area contributed by atoms with E-state index in [0.717, 1.165) is 27.4 Å². The first-order valence-corrected chi connectivity index (χ1v) is 11.6. The number of halogens is 1. The van der Waals surface area contributed by atoms with Gasteiger partial charge in [-0.2, -0.15) is 0 Å². The van der Waals surface area contributed by atoms with Crippen molar-refractivity contribution >= 4 is 33.2 Å². The number of carbonyl (C=O) groups excluding carboxylic acids is 1. The molecule has 1 N–H and O–H groups in total. The Balaban J connectivity index is 2.04. The molecule has 2 aromatic rings. The van der Waals surface area contributed by atoms with E-state index in [1.807, 2.05) is 32.0 Å². The second kappa shape index (κ2) is 10.0. The number of rotatable bonds is 9. The number of carbonyl (C=O) groups is 1. The molecular formula is C21H27ClN2O5S. The maximum Gasteiger partial charge on any atom is 0.243 e. The lowest BCUT2D eigenvalue weighted by Gasteiger charge is -2.28. The molecule has 0 saturated carbocycles. The van der Waals surface area contributed by atoms with Gasteiger partial charge in [0.15, 0.2) is 0 Å². The molecule has 0 bridgehead atoms. The van der Waals surface area contributed by atoms with E-state index in [4.69, 9.17) is 21.1 Å². The summed E-state index contributed by atoms with van der Waals surface area (Å²) in [6.45, 7) is 5.96. The van der Waals surface area contributed by atoms with Gasteiger partial charge in [-0.3, -0.25) is 9.10 Å². The van der Waals surface area contributed by atoms with Crippen molar-refractivity contribution < 1.29 is 22.7 Å². The fourth-order valence-electron chi connectivity index (χ4n) is 3.05. The van der Waals surface area contributed by atoms with Crippen LogP contribution in [0.2, 0.25) is 5.02 Å². The van der Waals surface area contributed by atoms with E-state index < -0.39 is 22.0 Å². The van der Waals surface area contributed by atoms with Crippen LogP contribution in [0.25, 0.3) is 0 Å². The zero-order valence-corrected chi connectivity index (χ0v) is 19.3. The van der Waals surface area contributed by atoms with Gasteiger partial charge in [-0.25, -0.2) is 8.42 Å². The highest BCUT2D eigenvalue weighted by atomic mass is 35.5. The number of sulfonamides is 1. The van der Waals surface area contributed by atoms with Gasteiger partial charge in [-0.05, 0) is 50.6 Å². The van der Waals surface area contributed by atoms with E-state index >= 15 is 0 Å². The lowest BCUT2D eigenvalue weighted by molar-refractivity contribution is -0.121. The van der Waals surface area contributed by atoms with Crippen LogP contribution < -0.4 is 19.1 Å². The SMILES string of the molecule is COc1ccc(N(C(C)C(=O)NCCOc2ccc(C)cc2C)S(C)(=O)=O)cc1Cl. The van der Waals surface area contributed by atoms with Crippen molar-refractivity contribution in [2.75, 3.05) is 30.8 Å². The third-order valence-electron chi connectivity index (χ3n) is 4.47. The number of hydrogen-bond donors (Lipinski definition) is 1. The van der Waals surface area contributed by atoms with Crippen molar-refractivity contribution in [1.29, 1.82) is 0 Å². The summed E-state index contributed by atoms with van der Waals surface area (Å²) in [5.74, 6) is 0.708. The molecule has 1 amide bonds. The summed E-state index contributed by atoms with van der Waals surface area (Å²) in [7, 11) is -2.28. The Bertz CT molecular complexity index is 1010. The number of ether oxygens (including phenoxy) is 2. The fraction of sp³-hybridized carbons (Fsp3) is 0.381. The van der Waals surface area contributed by atoms with E-state index in [0.29, 0.717) is 5.75 Å². The Hall–Kier alpha value is -2.45. The van der Waals surface area contributed by atoms with Gasteiger partial charge in [-0.1, -0.05) is 29.3 Å². The average molecular weight is 455 g/mol. The summed E-state index contributed by atoms with van der Waals surface area (Å²) in [6, 6.07) is 9.41. The van der Waals surface area contributed by atoms with Crippen LogP contribution in [-0.2, 0) is 14.8 Å². The molecule has 0 aromatic heterocycles. The first kappa shape index (κ1) is 23.8. The van der Waals surface area contributed by atoms with Crippen molar-refractivity contribution in [2.45, 2.75) is 26.8 Å². The highest BCUT2D eigenvalue weighted by Gasteiger charge is 2.29. The molecule has 2 aromatic carbocycles. The Morgan fingerprint density at radius 3 is 2.40 bits per heavy atom. The van der Waals surface area contributed by atoms with Crippen molar-refractivity contribution in [2.24, 2.45) is 0 Å². The quantitative estimate of drug-likeness (QED) is 0.587. The fourth-order valence-corrected chi connectivity index (χ4v) is 4.46. The summed E-state index contributed by atoms with van der Waals surface area (Å²) in [4.78, 5) is 12.6. The van der Waals surface area contributed by atoms with E-state index in [9.17, 15) is 13.2 Å². The zero-order chi connectivity index (χ0) is 22.5. The van der Waals surface area contributed by atoms with Crippen LogP contribution in [0, 0.1) is 13.8 Å². The van der Waals surface area contributed by atoms with Gasteiger partial charge >= 0.3 is 0 Å².